The topological polar surface area (TPSA) is 123 Å². The van der Waals surface area contributed by atoms with Gasteiger partial charge in [0.2, 0.25) is 27.7 Å². The minimum absolute atomic E-state index is 0.0502. The second-order valence-electron chi connectivity index (χ2n) is 6.30. The highest BCUT2D eigenvalue weighted by Gasteiger charge is 2.17. The Morgan fingerprint density at radius 1 is 0.600 bits per heavy atom. The van der Waals surface area contributed by atoms with Crippen LogP contribution in [0.15, 0.2) is 94.7 Å². The predicted molar refractivity (Wildman–Crippen MR) is 116 cm³/mol. The molecule has 4 rings (SSSR count). The fraction of sp³-hybridized carbons (Fsp3) is 0. The summed E-state index contributed by atoms with van der Waals surface area (Å²) in [6.45, 7) is 0. The van der Waals surface area contributed by atoms with E-state index in [1.54, 1.807) is 42.5 Å². The number of hydrogen-bond acceptors (Lipinski definition) is 8. The largest absolute Gasteiger partial charge is 0.368 e. The van der Waals surface area contributed by atoms with Crippen LogP contribution in [0.5, 0.6) is 0 Å². The molecule has 0 fully saturated rings. The van der Waals surface area contributed by atoms with Crippen molar-refractivity contribution < 1.29 is 8.42 Å². The summed E-state index contributed by atoms with van der Waals surface area (Å²) in [6, 6.07) is 24.0. The molecule has 0 atom stereocenters. The summed E-state index contributed by atoms with van der Waals surface area (Å²) in [6.07, 6.45) is 0. The van der Waals surface area contributed by atoms with Crippen LogP contribution in [0, 0.1) is 0 Å². The van der Waals surface area contributed by atoms with Crippen LogP contribution in [-0.2, 0) is 9.84 Å². The summed E-state index contributed by atoms with van der Waals surface area (Å²) in [4.78, 5) is 12.9. The lowest BCUT2D eigenvalue weighted by Gasteiger charge is -2.10. The molecule has 0 aliphatic carbocycles. The summed E-state index contributed by atoms with van der Waals surface area (Å²) in [5.74, 6) is 0.577. The Kier molecular flexibility index (Phi) is 5.27. The molecule has 9 heteroatoms. The Labute approximate surface area is 173 Å². The Morgan fingerprint density at radius 2 is 1.07 bits per heavy atom. The molecule has 4 N–H and O–H groups in total. The average Bonchev–Trinajstić information content (AvgIpc) is 2.75. The van der Waals surface area contributed by atoms with Crippen molar-refractivity contribution in [1.29, 1.82) is 0 Å². The Bertz CT molecular complexity index is 1250. The van der Waals surface area contributed by atoms with E-state index < -0.39 is 9.84 Å². The minimum atomic E-state index is -3.58. The third-order valence-electron chi connectivity index (χ3n) is 4.16. The van der Waals surface area contributed by atoms with E-state index in [0.29, 0.717) is 11.6 Å². The average molecular weight is 418 g/mol. The summed E-state index contributed by atoms with van der Waals surface area (Å²) < 4.78 is 25.4. The second kappa shape index (κ2) is 8.18. The number of benzene rings is 3. The first kappa shape index (κ1) is 19.3. The first-order valence-electron chi connectivity index (χ1n) is 9.01. The first-order chi connectivity index (χ1) is 14.5. The van der Waals surface area contributed by atoms with Crippen molar-refractivity contribution in [2.75, 3.05) is 16.4 Å². The van der Waals surface area contributed by atoms with E-state index in [4.69, 9.17) is 5.73 Å². The number of nitrogen functional groups attached to an aromatic ring is 1. The third kappa shape index (κ3) is 4.36. The molecule has 0 aliphatic heterocycles. The number of rotatable bonds is 6. The lowest BCUT2D eigenvalue weighted by molar-refractivity contribution is 0.596. The number of nitrogens with zero attached hydrogens (tertiary/aromatic N) is 3. The Balaban J connectivity index is 1.54. The molecule has 0 saturated heterocycles. The van der Waals surface area contributed by atoms with Gasteiger partial charge in [0.15, 0.2) is 0 Å². The van der Waals surface area contributed by atoms with Gasteiger partial charge in [-0.15, -0.1) is 0 Å². The van der Waals surface area contributed by atoms with Gasteiger partial charge in [-0.05, 0) is 48.5 Å². The number of aromatic nitrogens is 3. The number of para-hydroxylation sites is 1. The van der Waals surface area contributed by atoms with Crippen LogP contribution in [-0.4, -0.2) is 23.4 Å². The van der Waals surface area contributed by atoms with Crippen molar-refractivity contribution in [3.05, 3.63) is 84.9 Å². The van der Waals surface area contributed by atoms with Gasteiger partial charge in [0.25, 0.3) is 0 Å². The molecule has 0 spiro atoms. The lowest BCUT2D eigenvalue weighted by Crippen LogP contribution is -2.07. The van der Waals surface area contributed by atoms with Gasteiger partial charge >= 0.3 is 0 Å². The maximum Gasteiger partial charge on any atom is 0.233 e. The van der Waals surface area contributed by atoms with Crippen LogP contribution >= 0.6 is 0 Å². The van der Waals surface area contributed by atoms with Gasteiger partial charge in [-0.1, -0.05) is 36.4 Å². The third-order valence-corrected chi connectivity index (χ3v) is 5.94. The monoisotopic (exact) mass is 418 g/mol. The molecule has 0 saturated carbocycles. The lowest BCUT2D eigenvalue weighted by atomic mass is 10.3. The minimum Gasteiger partial charge on any atom is -0.368 e. The van der Waals surface area contributed by atoms with E-state index in [9.17, 15) is 8.42 Å². The molecule has 0 radical (unpaired) electrons. The highest BCUT2D eigenvalue weighted by atomic mass is 32.2. The molecule has 0 amide bonds. The van der Waals surface area contributed by atoms with Crippen molar-refractivity contribution in [3.63, 3.8) is 0 Å². The molecule has 4 aromatic rings. The zero-order chi connectivity index (χ0) is 21.0. The number of anilines is 5. The number of nitrogens with two attached hydrogens (primary N) is 1. The van der Waals surface area contributed by atoms with Gasteiger partial charge < -0.3 is 16.4 Å². The van der Waals surface area contributed by atoms with Crippen molar-refractivity contribution in [1.82, 2.24) is 15.0 Å². The molecular formula is C21H18N6O2S. The van der Waals surface area contributed by atoms with Gasteiger partial charge in [0.1, 0.15) is 0 Å². The Morgan fingerprint density at radius 3 is 1.63 bits per heavy atom. The van der Waals surface area contributed by atoms with Gasteiger partial charge in [-0.3, -0.25) is 0 Å². The molecule has 0 aliphatic rings. The Hall–Kier alpha value is -3.98. The van der Waals surface area contributed by atoms with Crippen LogP contribution in [0.4, 0.5) is 29.2 Å². The predicted octanol–water partition coefficient (Wildman–Crippen LogP) is 3.77. The second-order valence-corrected chi connectivity index (χ2v) is 8.25. The van der Waals surface area contributed by atoms with Gasteiger partial charge in [0.05, 0.1) is 9.79 Å². The van der Waals surface area contributed by atoms with E-state index in [2.05, 4.69) is 25.6 Å². The summed E-state index contributed by atoms with van der Waals surface area (Å²) in [5, 5.41) is 6.07. The van der Waals surface area contributed by atoms with E-state index in [0.717, 1.165) is 5.69 Å². The highest BCUT2D eigenvalue weighted by Crippen LogP contribution is 2.23. The summed E-state index contributed by atoms with van der Waals surface area (Å²) in [7, 11) is -3.58. The van der Waals surface area contributed by atoms with Crippen molar-refractivity contribution in [2.45, 2.75) is 9.79 Å². The van der Waals surface area contributed by atoms with Crippen molar-refractivity contribution in [3.8, 4) is 0 Å². The van der Waals surface area contributed by atoms with Gasteiger partial charge in [-0.25, -0.2) is 8.42 Å². The summed E-state index contributed by atoms with van der Waals surface area (Å²) >= 11 is 0. The molecule has 3 aromatic carbocycles. The number of nitrogens with one attached hydrogen (secondary N) is 2. The van der Waals surface area contributed by atoms with E-state index >= 15 is 0 Å². The van der Waals surface area contributed by atoms with E-state index in [1.807, 2.05) is 30.3 Å². The quantitative estimate of drug-likeness (QED) is 0.432. The SMILES string of the molecule is Nc1nc(Nc2ccccc2)nc(Nc2ccc(S(=O)(=O)c3ccccc3)cc2)n1. The normalized spacial score (nSPS) is 11.1. The number of hydrogen-bond donors (Lipinski definition) is 3. The maximum atomic E-state index is 12.7. The van der Waals surface area contributed by atoms with Crippen molar-refractivity contribution >= 4 is 39.1 Å². The summed E-state index contributed by atoms with van der Waals surface area (Å²) in [5.41, 5.74) is 7.21. The molecule has 30 heavy (non-hydrogen) atoms. The van der Waals surface area contributed by atoms with Gasteiger partial charge in [0, 0.05) is 11.4 Å². The van der Waals surface area contributed by atoms with Crippen LogP contribution in [0.25, 0.3) is 0 Å². The molecule has 1 heterocycles. The van der Waals surface area contributed by atoms with E-state index in [-0.39, 0.29) is 21.7 Å². The maximum absolute atomic E-state index is 12.7. The molecule has 1 aromatic heterocycles. The van der Waals surface area contributed by atoms with Gasteiger partial charge in [-0.2, -0.15) is 15.0 Å². The molecule has 150 valence electrons. The highest BCUT2D eigenvalue weighted by molar-refractivity contribution is 7.91. The molecule has 0 unspecified atom stereocenters. The molecular weight excluding hydrogens is 400 g/mol. The smallest absolute Gasteiger partial charge is 0.233 e. The van der Waals surface area contributed by atoms with Crippen LogP contribution in [0.2, 0.25) is 0 Å². The van der Waals surface area contributed by atoms with Crippen LogP contribution in [0.1, 0.15) is 0 Å². The molecule has 8 nitrogen and oxygen atoms in total. The zero-order valence-corrected chi connectivity index (χ0v) is 16.5. The fourth-order valence-corrected chi connectivity index (χ4v) is 4.02. The zero-order valence-electron chi connectivity index (χ0n) is 15.7. The van der Waals surface area contributed by atoms with Crippen molar-refractivity contribution in [2.24, 2.45) is 0 Å². The standard InChI is InChI=1S/C21H18N6O2S/c22-19-25-20(23-15-7-3-1-4-8-15)27-21(26-19)24-16-11-13-18(14-12-16)30(28,29)17-9-5-2-6-10-17/h1-14H,(H4,22,23,24,25,26,27). The van der Waals surface area contributed by atoms with E-state index in [1.165, 1.54) is 12.1 Å². The van der Waals surface area contributed by atoms with Crippen LogP contribution in [0.3, 0.4) is 0 Å². The molecule has 0 bridgehead atoms. The fourth-order valence-electron chi connectivity index (χ4n) is 2.74. The first-order valence-corrected chi connectivity index (χ1v) is 10.5. The number of sulfone groups is 1. The van der Waals surface area contributed by atoms with Crippen LogP contribution < -0.4 is 16.4 Å².